The summed E-state index contributed by atoms with van der Waals surface area (Å²) in [5, 5.41) is 0.657. The largest absolute Gasteiger partial charge is 0.454 e. The van der Waals surface area contributed by atoms with E-state index in [-0.39, 0.29) is 5.82 Å². The molecule has 0 saturated heterocycles. The van der Waals surface area contributed by atoms with Gasteiger partial charge in [-0.25, -0.2) is 9.59 Å². The van der Waals surface area contributed by atoms with Gasteiger partial charge < -0.3 is 10.5 Å². The smallest absolute Gasteiger partial charge is 0.339 e. The first-order chi connectivity index (χ1) is 13.9. The highest BCUT2D eigenvalue weighted by Crippen LogP contribution is 2.30. The number of ketones is 1. The minimum atomic E-state index is -0.915. The van der Waals surface area contributed by atoms with Crippen LogP contribution in [-0.2, 0) is 24.6 Å². The molecule has 0 spiro atoms. The minimum Gasteiger partial charge on any atom is -0.454 e. The number of benzene rings is 1. The number of esters is 1. The van der Waals surface area contributed by atoms with Gasteiger partial charge in [-0.05, 0) is 30.9 Å². The van der Waals surface area contributed by atoms with Crippen LogP contribution in [0, 0.1) is 0 Å². The summed E-state index contributed by atoms with van der Waals surface area (Å²) in [6.07, 6.45) is 2.38. The van der Waals surface area contributed by atoms with Gasteiger partial charge in [0.2, 0.25) is 5.78 Å². The lowest BCUT2D eigenvalue weighted by Crippen LogP contribution is -2.35. The Morgan fingerprint density at radius 2 is 1.97 bits per heavy atom. The molecule has 0 radical (unpaired) electrons. The fraction of sp³-hybridized carbons (Fsp3) is 0.250. The van der Waals surface area contributed by atoms with Crippen molar-refractivity contribution in [3.8, 4) is 0 Å². The number of ether oxygens (including phenoxy) is 1. The van der Waals surface area contributed by atoms with E-state index in [0.717, 1.165) is 28.7 Å². The van der Waals surface area contributed by atoms with E-state index in [1.165, 1.54) is 7.05 Å². The Kier molecular flexibility index (Phi) is 4.50. The van der Waals surface area contributed by atoms with Crippen LogP contribution in [0.2, 0.25) is 0 Å². The molecule has 0 saturated carbocycles. The number of carbonyl (C=O) groups excluding carboxylic acids is 2. The quantitative estimate of drug-likeness (QED) is 0.491. The van der Waals surface area contributed by atoms with Crippen LogP contribution >= 0.6 is 0 Å². The van der Waals surface area contributed by atoms with Crippen molar-refractivity contribution in [2.75, 3.05) is 12.3 Å². The molecule has 3 N–H and O–H groups in total. The predicted molar refractivity (Wildman–Crippen MR) is 105 cm³/mol. The molecule has 0 bridgehead atoms. The van der Waals surface area contributed by atoms with Crippen LogP contribution in [0.25, 0.3) is 10.9 Å². The second-order valence-electron chi connectivity index (χ2n) is 6.86. The van der Waals surface area contributed by atoms with E-state index in [1.807, 2.05) is 17.1 Å². The summed E-state index contributed by atoms with van der Waals surface area (Å²) in [7, 11) is 1.32. The van der Waals surface area contributed by atoms with Crippen LogP contribution in [0.15, 0.2) is 33.9 Å². The Balaban J connectivity index is 1.66. The van der Waals surface area contributed by atoms with Gasteiger partial charge in [0.15, 0.2) is 6.61 Å². The molecule has 0 atom stereocenters. The van der Waals surface area contributed by atoms with E-state index in [4.69, 9.17) is 10.5 Å². The number of fused-ring (bicyclic) bond motifs is 2. The van der Waals surface area contributed by atoms with Crippen LogP contribution in [0.1, 0.15) is 38.4 Å². The lowest BCUT2D eigenvalue weighted by molar-refractivity contribution is 0.0475. The zero-order valence-electron chi connectivity index (χ0n) is 15.7. The van der Waals surface area contributed by atoms with Gasteiger partial charge in [-0.2, -0.15) is 0 Å². The third kappa shape index (κ3) is 3.10. The van der Waals surface area contributed by atoms with Crippen LogP contribution in [-0.4, -0.2) is 32.9 Å². The number of anilines is 1. The monoisotopic (exact) mass is 394 g/mol. The van der Waals surface area contributed by atoms with Crippen LogP contribution < -0.4 is 17.0 Å². The van der Waals surface area contributed by atoms with Gasteiger partial charge in [-0.15, -0.1) is 0 Å². The maximum absolute atomic E-state index is 12.9. The number of hydrogen-bond donors (Lipinski definition) is 2. The number of carbonyl (C=O) groups is 2. The van der Waals surface area contributed by atoms with Crippen LogP contribution in [0.3, 0.4) is 0 Å². The molecule has 9 heteroatoms. The number of para-hydroxylation sites is 1. The van der Waals surface area contributed by atoms with Gasteiger partial charge in [0.05, 0.1) is 11.1 Å². The maximum atomic E-state index is 12.9. The van der Waals surface area contributed by atoms with Crippen molar-refractivity contribution < 1.29 is 14.3 Å². The summed E-state index contributed by atoms with van der Waals surface area (Å²) in [6, 6.07) is 7.25. The van der Waals surface area contributed by atoms with E-state index in [0.29, 0.717) is 22.9 Å². The Bertz CT molecular complexity index is 1290. The summed E-state index contributed by atoms with van der Waals surface area (Å²) < 4.78 is 6.19. The minimum absolute atomic E-state index is 0.282. The molecule has 3 aromatic rings. The van der Waals surface area contributed by atoms with Crippen LogP contribution in [0.5, 0.6) is 0 Å². The molecule has 29 heavy (non-hydrogen) atoms. The molecular weight excluding hydrogens is 376 g/mol. The van der Waals surface area contributed by atoms with Gasteiger partial charge in [0, 0.05) is 18.1 Å². The molecule has 0 amide bonds. The molecule has 1 aromatic carbocycles. The normalized spacial score (nSPS) is 12.7. The summed E-state index contributed by atoms with van der Waals surface area (Å²) in [5.41, 5.74) is 6.44. The van der Waals surface area contributed by atoms with Gasteiger partial charge in [-0.3, -0.25) is 24.1 Å². The Hall–Kier alpha value is -3.75. The second-order valence-corrected chi connectivity index (χ2v) is 6.86. The highest BCUT2D eigenvalue weighted by molar-refractivity contribution is 6.07. The van der Waals surface area contributed by atoms with Crippen LogP contribution in [0.4, 0.5) is 5.82 Å². The fourth-order valence-electron chi connectivity index (χ4n) is 3.63. The average Bonchev–Trinajstić information content (AvgIpc) is 3.16. The topological polar surface area (TPSA) is 137 Å². The molecule has 9 nitrogen and oxygen atoms in total. The van der Waals surface area contributed by atoms with E-state index in [1.54, 1.807) is 12.1 Å². The van der Waals surface area contributed by atoms with E-state index >= 15 is 0 Å². The second kappa shape index (κ2) is 7.01. The zero-order valence-corrected chi connectivity index (χ0v) is 15.7. The van der Waals surface area contributed by atoms with Gasteiger partial charge in [0.25, 0.3) is 5.56 Å². The van der Waals surface area contributed by atoms with Crippen molar-refractivity contribution >= 4 is 28.5 Å². The molecule has 4 rings (SSSR count). The fourth-order valence-corrected chi connectivity index (χ4v) is 3.63. The number of nitrogens with two attached hydrogens (primary N) is 1. The lowest BCUT2D eigenvalue weighted by Gasteiger charge is -2.12. The number of hydrogen-bond acceptors (Lipinski definition) is 7. The third-order valence-electron chi connectivity index (χ3n) is 5.11. The number of rotatable bonds is 4. The SMILES string of the molecule is Cn1c(N)c(C(=O)COC(=O)c2c3c(nc4ccccc24)CCC3)c(=O)[nH]c1=O. The van der Waals surface area contributed by atoms with Gasteiger partial charge >= 0.3 is 11.7 Å². The number of nitrogen functional groups attached to an aromatic ring is 1. The first-order valence-electron chi connectivity index (χ1n) is 9.08. The van der Waals surface area contributed by atoms with E-state index in [2.05, 4.69) is 4.98 Å². The number of Topliss-reactive ketones (excluding diaryl/α,β-unsaturated/α-hetero) is 1. The Morgan fingerprint density at radius 3 is 2.76 bits per heavy atom. The van der Waals surface area contributed by atoms with E-state index in [9.17, 15) is 19.2 Å². The molecule has 0 fully saturated rings. The lowest BCUT2D eigenvalue weighted by atomic mass is 10.0. The van der Waals surface area contributed by atoms with E-state index < -0.39 is 35.2 Å². The standard InChI is InChI=1S/C20H18N4O5/c1-24-17(21)16(18(26)23-20(24)28)14(25)9-29-19(27)15-10-5-2-3-7-12(10)22-13-8-4-6-11(13)15/h2-3,5,7H,4,6,8-9,21H2,1H3,(H,23,26,28). The molecule has 2 aromatic heterocycles. The average molecular weight is 394 g/mol. The number of aromatic nitrogens is 3. The molecular formula is C20H18N4O5. The summed E-state index contributed by atoms with van der Waals surface area (Å²) in [4.78, 5) is 55.5. The molecule has 148 valence electrons. The number of pyridine rings is 1. The maximum Gasteiger partial charge on any atom is 0.339 e. The predicted octanol–water partition coefficient (Wildman–Crippen LogP) is 0.732. The Morgan fingerprint density at radius 1 is 1.21 bits per heavy atom. The highest BCUT2D eigenvalue weighted by Gasteiger charge is 2.26. The molecule has 2 heterocycles. The summed E-state index contributed by atoms with van der Waals surface area (Å²) >= 11 is 0. The first kappa shape index (κ1) is 18.6. The number of H-pyrrole nitrogens is 1. The first-order valence-corrected chi connectivity index (χ1v) is 9.08. The highest BCUT2D eigenvalue weighted by atomic mass is 16.5. The van der Waals surface area contributed by atoms with Crippen molar-refractivity contribution in [2.24, 2.45) is 7.05 Å². The Labute approximate surface area is 164 Å². The van der Waals surface area contributed by atoms with Gasteiger partial charge in [-0.1, -0.05) is 18.2 Å². The number of aryl methyl sites for hydroxylation is 1. The summed E-state index contributed by atoms with van der Waals surface area (Å²) in [6.45, 7) is -0.671. The van der Waals surface area contributed by atoms with Crippen molar-refractivity contribution in [3.05, 3.63) is 67.5 Å². The number of nitrogens with one attached hydrogen (secondary N) is 1. The molecule has 1 aliphatic rings. The molecule has 0 unspecified atom stereocenters. The van der Waals surface area contributed by atoms with Crippen molar-refractivity contribution in [1.29, 1.82) is 0 Å². The third-order valence-corrected chi connectivity index (χ3v) is 5.11. The summed E-state index contributed by atoms with van der Waals surface area (Å²) in [5.74, 6) is -1.73. The number of aromatic amines is 1. The zero-order chi connectivity index (χ0) is 20.7. The van der Waals surface area contributed by atoms with Crippen molar-refractivity contribution in [1.82, 2.24) is 14.5 Å². The van der Waals surface area contributed by atoms with Crippen molar-refractivity contribution in [2.45, 2.75) is 19.3 Å². The molecule has 1 aliphatic carbocycles. The van der Waals surface area contributed by atoms with Crippen molar-refractivity contribution in [3.63, 3.8) is 0 Å². The van der Waals surface area contributed by atoms with Gasteiger partial charge in [0.1, 0.15) is 11.4 Å². The molecule has 0 aliphatic heterocycles. The number of nitrogens with zero attached hydrogens (tertiary/aromatic N) is 2.